The molecule has 2 aromatic carbocycles. The Kier molecular flexibility index (Phi) is 7.85. The fourth-order valence-electron chi connectivity index (χ4n) is 2.59. The van der Waals surface area contributed by atoms with Gasteiger partial charge in [-0.05, 0) is 42.8 Å². The highest BCUT2D eigenvalue weighted by Crippen LogP contribution is 2.30. The third-order valence-electron chi connectivity index (χ3n) is 4.14. The molecular weight excluding hydrogens is 423 g/mol. The van der Waals surface area contributed by atoms with E-state index in [0.717, 1.165) is 12.1 Å². The van der Waals surface area contributed by atoms with Crippen molar-refractivity contribution in [3.8, 4) is 5.75 Å². The maximum atomic E-state index is 13.0. The second-order valence-corrected chi connectivity index (χ2v) is 8.23. The molecule has 0 aliphatic heterocycles. The van der Waals surface area contributed by atoms with Gasteiger partial charge in [-0.1, -0.05) is 18.2 Å². The molecule has 0 radical (unpaired) electrons. The molecule has 0 atom stereocenters. The van der Waals surface area contributed by atoms with E-state index < -0.39 is 27.8 Å². The number of carbonyl (C=O) groups is 1. The predicted octanol–water partition coefficient (Wildman–Crippen LogP) is 3.72. The first kappa shape index (κ1) is 23.7. The number of benzene rings is 2. The molecule has 0 fully saturated rings. The first-order valence-electron chi connectivity index (χ1n) is 9.02. The molecule has 30 heavy (non-hydrogen) atoms. The molecule has 0 aliphatic rings. The third kappa shape index (κ3) is 6.74. The third-order valence-corrected chi connectivity index (χ3v) is 5.29. The van der Waals surface area contributed by atoms with E-state index in [1.54, 1.807) is 12.1 Å². The van der Waals surface area contributed by atoms with Gasteiger partial charge in [0.25, 0.3) is 5.91 Å². The van der Waals surface area contributed by atoms with Gasteiger partial charge in [-0.3, -0.25) is 4.79 Å². The number of amides is 1. The first-order valence-corrected chi connectivity index (χ1v) is 10.6. The minimum Gasteiger partial charge on any atom is -0.383 e. The molecule has 0 saturated carbocycles. The van der Waals surface area contributed by atoms with E-state index in [9.17, 15) is 26.4 Å². The summed E-state index contributed by atoms with van der Waals surface area (Å²) in [5, 5.41) is 0. The quantitative estimate of drug-likeness (QED) is 0.550. The molecule has 0 bridgehead atoms. The molecule has 0 aliphatic carbocycles. The van der Waals surface area contributed by atoms with Gasteiger partial charge in [-0.2, -0.15) is 21.6 Å². The van der Waals surface area contributed by atoms with Crippen molar-refractivity contribution in [2.45, 2.75) is 19.6 Å². The fourth-order valence-corrected chi connectivity index (χ4v) is 3.10. The van der Waals surface area contributed by atoms with Gasteiger partial charge in [0.2, 0.25) is 0 Å². The average molecular weight is 445 g/mol. The van der Waals surface area contributed by atoms with Gasteiger partial charge in [0, 0.05) is 25.8 Å². The number of alkyl halides is 3. The summed E-state index contributed by atoms with van der Waals surface area (Å²) in [5.41, 5.74) is -0.475. The van der Waals surface area contributed by atoms with Crippen molar-refractivity contribution in [3.05, 3.63) is 65.2 Å². The minimum atomic E-state index is -4.57. The van der Waals surface area contributed by atoms with Crippen LogP contribution < -0.4 is 4.18 Å². The van der Waals surface area contributed by atoms with E-state index in [1.807, 2.05) is 0 Å². The Balaban J connectivity index is 2.27. The van der Waals surface area contributed by atoms with Gasteiger partial charge in [0.1, 0.15) is 5.75 Å². The summed E-state index contributed by atoms with van der Waals surface area (Å²) in [7, 11) is -2.28. The van der Waals surface area contributed by atoms with Crippen molar-refractivity contribution in [1.82, 2.24) is 4.90 Å². The molecule has 2 aromatic rings. The maximum Gasteiger partial charge on any atom is 0.416 e. The summed E-state index contributed by atoms with van der Waals surface area (Å²) < 4.78 is 72.2. The Morgan fingerprint density at radius 1 is 1.10 bits per heavy atom. The minimum absolute atomic E-state index is 0.0296. The molecule has 0 spiro atoms. The number of hydrogen-bond acceptors (Lipinski definition) is 5. The van der Waals surface area contributed by atoms with Crippen LogP contribution in [0.15, 0.2) is 48.5 Å². The van der Waals surface area contributed by atoms with E-state index in [1.165, 1.54) is 43.2 Å². The predicted molar refractivity (Wildman–Crippen MR) is 105 cm³/mol. The van der Waals surface area contributed by atoms with Crippen LogP contribution in [0, 0.1) is 0 Å². The van der Waals surface area contributed by atoms with Crippen LogP contribution in [0.25, 0.3) is 0 Å². The number of ether oxygens (including phenoxy) is 1. The lowest BCUT2D eigenvalue weighted by atomic mass is 10.1. The molecule has 164 valence electrons. The van der Waals surface area contributed by atoms with Gasteiger partial charge in [0.05, 0.1) is 17.9 Å². The molecule has 0 aromatic heterocycles. The fraction of sp³-hybridized carbons (Fsp3) is 0.350. The average Bonchev–Trinajstić information content (AvgIpc) is 2.70. The van der Waals surface area contributed by atoms with Crippen molar-refractivity contribution < 1.29 is 35.3 Å². The highest BCUT2D eigenvalue weighted by Gasteiger charge is 2.31. The molecule has 1 amide bonds. The SMILES string of the molecule is CCS(=O)(=O)Oc1cccc(CN(CCOC)C(=O)c2cccc(C(F)(F)F)c2)c1. The van der Waals surface area contributed by atoms with Crippen LogP contribution >= 0.6 is 0 Å². The molecular formula is C20H22F3NO5S. The summed E-state index contributed by atoms with van der Waals surface area (Å²) >= 11 is 0. The smallest absolute Gasteiger partial charge is 0.383 e. The number of hydrogen-bond donors (Lipinski definition) is 0. The summed E-state index contributed by atoms with van der Waals surface area (Å²) in [6, 6.07) is 10.3. The molecule has 6 nitrogen and oxygen atoms in total. The Morgan fingerprint density at radius 2 is 1.80 bits per heavy atom. The lowest BCUT2D eigenvalue weighted by Crippen LogP contribution is -2.33. The molecule has 0 heterocycles. The number of nitrogens with zero attached hydrogens (tertiary/aromatic N) is 1. The maximum absolute atomic E-state index is 13.0. The molecule has 0 saturated heterocycles. The van der Waals surface area contributed by atoms with Gasteiger partial charge >= 0.3 is 16.3 Å². The van der Waals surface area contributed by atoms with Crippen molar-refractivity contribution in [2.24, 2.45) is 0 Å². The summed E-state index contributed by atoms with van der Waals surface area (Å²) in [6.07, 6.45) is -4.57. The Bertz CT molecular complexity index is 976. The van der Waals surface area contributed by atoms with E-state index in [0.29, 0.717) is 5.56 Å². The standard InChI is InChI=1S/C20H22F3NO5S/c1-3-30(26,27)29-18-9-4-6-15(12-18)14-24(10-11-28-2)19(25)16-7-5-8-17(13-16)20(21,22)23/h4-9,12-13H,3,10-11,14H2,1-2H3. The van der Waals surface area contributed by atoms with Crippen LogP contribution in [-0.4, -0.2) is 45.2 Å². The number of rotatable bonds is 9. The molecule has 2 rings (SSSR count). The van der Waals surface area contributed by atoms with E-state index >= 15 is 0 Å². The van der Waals surface area contributed by atoms with Gasteiger partial charge in [-0.15, -0.1) is 0 Å². The van der Waals surface area contributed by atoms with Crippen molar-refractivity contribution >= 4 is 16.0 Å². The zero-order valence-electron chi connectivity index (χ0n) is 16.5. The normalized spacial score (nSPS) is 11.9. The van der Waals surface area contributed by atoms with E-state index in [-0.39, 0.29) is 36.8 Å². The second kappa shape index (κ2) is 9.94. The van der Waals surface area contributed by atoms with Crippen LogP contribution in [0.2, 0.25) is 0 Å². The topological polar surface area (TPSA) is 72.9 Å². The highest BCUT2D eigenvalue weighted by atomic mass is 32.2. The number of carbonyl (C=O) groups excluding carboxylic acids is 1. The van der Waals surface area contributed by atoms with Gasteiger partial charge < -0.3 is 13.8 Å². The molecule has 10 heteroatoms. The van der Waals surface area contributed by atoms with Crippen molar-refractivity contribution in [1.29, 1.82) is 0 Å². The van der Waals surface area contributed by atoms with Crippen molar-refractivity contribution in [2.75, 3.05) is 26.0 Å². The van der Waals surface area contributed by atoms with Crippen LogP contribution in [0.1, 0.15) is 28.4 Å². The van der Waals surface area contributed by atoms with Gasteiger partial charge in [0.15, 0.2) is 0 Å². The Hall–Kier alpha value is -2.59. The summed E-state index contributed by atoms with van der Waals surface area (Å²) in [4.78, 5) is 14.2. The number of halogens is 3. The van der Waals surface area contributed by atoms with Crippen LogP contribution in [-0.2, 0) is 27.6 Å². The molecule has 0 N–H and O–H groups in total. The highest BCUT2D eigenvalue weighted by molar-refractivity contribution is 7.87. The van der Waals surface area contributed by atoms with Crippen LogP contribution in [0.3, 0.4) is 0 Å². The monoisotopic (exact) mass is 445 g/mol. The lowest BCUT2D eigenvalue weighted by molar-refractivity contribution is -0.137. The first-order chi connectivity index (χ1) is 14.1. The number of methoxy groups -OCH3 is 1. The van der Waals surface area contributed by atoms with E-state index in [2.05, 4.69) is 0 Å². The Labute approximate surface area is 173 Å². The lowest BCUT2D eigenvalue weighted by Gasteiger charge is -2.23. The van der Waals surface area contributed by atoms with Gasteiger partial charge in [-0.25, -0.2) is 0 Å². The largest absolute Gasteiger partial charge is 0.416 e. The van der Waals surface area contributed by atoms with Crippen LogP contribution in [0.4, 0.5) is 13.2 Å². The zero-order valence-corrected chi connectivity index (χ0v) is 17.3. The second-order valence-electron chi connectivity index (χ2n) is 6.38. The van der Waals surface area contributed by atoms with E-state index in [4.69, 9.17) is 8.92 Å². The summed E-state index contributed by atoms with van der Waals surface area (Å²) in [5.74, 6) is -0.719. The van der Waals surface area contributed by atoms with Crippen LogP contribution in [0.5, 0.6) is 5.75 Å². The molecule has 0 unspecified atom stereocenters. The zero-order chi connectivity index (χ0) is 22.4. The Morgan fingerprint density at radius 3 is 2.43 bits per heavy atom. The van der Waals surface area contributed by atoms with Crippen molar-refractivity contribution in [3.63, 3.8) is 0 Å². The summed E-state index contributed by atoms with van der Waals surface area (Å²) in [6.45, 7) is 1.77.